The van der Waals surface area contributed by atoms with Crippen LogP contribution in [0.2, 0.25) is 5.28 Å². The van der Waals surface area contributed by atoms with Gasteiger partial charge in [-0.25, -0.2) is 4.79 Å². The van der Waals surface area contributed by atoms with E-state index in [0.29, 0.717) is 17.7 Å². The fourth-order valence-corrected chi connectivity index (χ4v) is 3.09. The number of benzene rings is 1. The maximum atomic E-state index is 12.6. The zero-order chi connectivity index (χ0) is 17.4. The molecule has 6 nitrogen and oxygen atoms in total. The van der Waals surface area contributed by atoms with Crippen LogP contribution in [-0.2, 0) is 20.0 Å². The maximum Gasteiger partial charge on any atom is 0.332 e. The molecule has 0 spiro atoms. The third-order valence-electron chi connectivity index (χ3n) is 4.11. The van der Waals surface area contributed by atoms with E-state index in [2.05, 4.69) is 4.98 Å². The summed E-state index contributed by atoms with van der Waals surface area (Å²) < 4.78 is 4.30. The van der Waals surface area contributed by atoms with Crippen molar-refractivity contribution in [1.82, 2.24) is 18.7 Å². The Bertz CT molecular complexity index is 999. The number of rotatable bonds is 4. The molecule has 0 radical (unpaired) electrons. The van der Waals surface area contributed by atoms with Crippen molar-refractivity contribution < 1.29 is 0 Å². The number of aryl methyl sites for hydroxylation is 2. The minimum atomic E-state index is -0.383. The van der Waals surface area contributed by atoms with Gasteiger partial charge in [-0.15, -0.1) is 0 Å². The quantitative estimate of drug-likeness (QED) is 0.681. The molecule has 3 rings (SSSR count). The summed E-state index contributed by atoms with van der Waals surface area (Å²) in [5.74, 6) is 0. The minimum Gasteiger partial charge on any atom is -0.308 e. The van der Waals surface area contributed by atoms with E-state index in [1.807, 2.05) is 44.2 Å². The molecule has 126 valence electrons. The molecule has 0 bridgehead atoms. The van der Waals surface area contributed by atoms with Crippen molar-refractivity contribution in [2.75, 3.05) is 0 Å². The zero-order valence-corrected chi connectivity index (χ0v) is 14.6. The van der Waals surface area contributed by atoms with Gasteiger partial charge in [-0.05, 0) is 37.4 Å². The first-order valence-electron chi connectivity index (χ1n) is 7.83. The van der Waals surface area contributed by atoms with Gasteiger partial charge in [0.05, 0.1) is 0 Å². The molecule has 1 aromatic carbocycles. The lowest BCUT2D eigenvalue weighted by Crippen LogP contribution is -2.39. The lowest BCUT2D eigenvalue weighted by molar-refractivity contribution is 0.551. The van der Waals surface area contributed by atoms with Crippen molar-refractivity contribution >= 4 is 22.8 Å². The monoisotopic (exact) mass is 346 g/mol. The van der Waals surface area contributed by atoms with Gasteiger partial charge in [0.25, 0.3) is 5.56 Å². The van der Waals surface area contributed by atoms with E-state index in [0.717, 1.165) is 16.6 Å². The molecular formula is C17H19ClN4O2. The summed E-state index contributed by atoms with van der Waals surface area (Å²) in [4.78, 5) is 29.3. The number of halogens is 1. The summed E-state index contributed by atoms with van der Waals surface area (Å²) in [7, 11) is 1.48. The second-order valence-corrected chi connectivity index (χ2v) is 6.39. The average Bonchev–Trinajstić information content (AvgIpc) is 2.87. The smallest absolute Gasteiger partial charge is 0.308 e. The Morgan fingerprint density at radius 3 is 2.46 bits per heavy atom. The lowest BCUT2D eigenvalue weighted by Gasteiger charge is -2.12. The van der Waals surface area contributed by atoms with E-state index >= 15 is 0 Å². The molecule has 0 aliphatic rings. The summed E-state index contributed by atoms with van der Waals surface area (Å²) in [5.41, 5.74) is 1.10. The molecule has 0 unspecified atom stereocenters. The summed E-state index contributed by atoms with van der Waals surface area (Å²) in [5, 5.41) is 0.220. The molecule has 0 aliphatic heterocycles. The molecule has 2 aromatic heterocycles. The summed E-state index contributed by atoms with van der Waals surface area (Å²) >= 11 is 6.28. The molecule has 0 N–H and O–H groups in total. The first kappa shape index (κ1) is 16.5. The predicted octanol–water partition coefficient (Wildman–Crippen LogP) is 2.37. The highest BCUT2D eigenvalue weighted by Gasteiger charge is 2.20. The number of imidazole rings is 1. The number of hydrogen-bond donors (Lipinski definition) is 0. The van der Waals surface area contributed by atoms with Crippen molar-refractivity contribution in [3.05, 3.63) is 62.0 Å². The van der Waals surface area contributed by atoms with Crippen molar-refractivity contribution in [3.63, 3.8) is 0 Å². The number of fused-ring (bicyclic) bond motifs is 1. The third kappa shape index (κ3) is 2.67. The Balaban J connectivity index is 2.17. The first-order chi connectivity index (χ1) is 11.4. The topological polar surface area (TPSA) is 61.8 Å². The van der Waals surface area contributed by atoms with Crippen LogP contribution in [0.3, 0.4) is 0 Å². The van der Waals surface area contributed by atoms with Crippen LogP contribution >= 0.6 is 11.6 Å². The second kappa shape index (κ2) is 6.28. The van der Waals surface area contributed by atoms with E-state index in [4.69, 9.17) is 11.6 Å². The SMILES string of the molecule is CC(C)n1c(=O)n(C)c(=O)c2c1nc(Cl)n2CCc1ccccc1. The van der Waals surface area contributed by atoms with Crippen LogP contribution < -0.4 is 11.2 Å². The molecule has 7 heteroatoms. The van der Waals surface area contributed by atoms with Crippen LogP contribution in [0.25, 0.3) is 11.2 Å². The van der Waals surface area contributed by atoms with Gasteiger partial charge in [-0.2, -0.15) is 4.98 Å². The minimum absolute atomic E-state index is 0.125. The van der Waals surface area contributed by atoms with E-state index in [9.17, 15) is 9.59 Å². The number of aromatic nitrogens is 4. The highest BCUT2D eigenvalue weighted by Crippen LogP contribution is 2.19. The van der Waals surface area contributed by atoms with Gasteiger partial charge in [0.1, 0.15) is 0 Å². The van der Waals surface area contributed by atoms with Crippen molar-refractivity contribution in [3.8, 4) is 0 Å². The van der Waals surface area contributed by atoms with E-state index < -0.39 is 0 Å². The van der Waals surface area contributed by atoms with Crippen LogP contribution in [-0.4, -0.2) is 18.7 Å². The second-order valence-electron chi connectivity index (χ2n) is 6.05. The third-order valence-corrected chi connectivity index (χ3v) is 4.40. The molecule has 0 fully saturated rings. The van der Waals surface area contributed by atoms with Crippen molar-refractivity contribution in [2.45, 2.75) is 32.9 Å². The lowest BCUT2D eigenvalue weighted by atomic mass is 10.1. The van der Waals surface area contributed by atoms with Gasteiger partial charge in [0.15, 0.2) is 11.2 Å². The fraction of sp³-hybridized carbons (Fsp3) is 0.353. The summed E-state index contributed by atoms with van der Waals surface area (Å²) in [6, 6.07) is 9.82. The van der Waals surface area contributed by atoms with Gasteiger partial charge in [0, 0.05) is 19.6 Å². The van der Waals surface area contributed by atoms with Crippen LogP contribution in [0.4, 0.5) is 0 Å². The standard InChI is InChI=1S/C17H19ClN4O2/c1-11(2)22-14-13(15(23)20(3)17(22)24)21(16(18)19-14)10-9-12-7-5-4-6-8-12/h4-8,11H,9-10H2,1-3H3. The Hall–Kier alpha value is -2.34. The average molecular weight is 347 g/mol. The summed E-state index contributed by atoms with van der Waals surface area (Å²) in [6.45, 7) is 4.27. The fourth-order valence-electron chi connectivity index (χ4n) is 2.85. The summed E-state index contributed by atoms with van der Waals surface area (Å²) in [6.07, 6.45) is 0.718. The largest absolute Gasteiger partial charge is 0.332 e. The molecule has 0 amide bonds. The normalized spacial score (nSPS) is 11.5. The Morgan fingerprint density at radius 1 is 1.17 bits per heavy atom. The zero-order valence-electron chi connectivity index (χ0n) is 13.9. The van der Waals surface area contributed by atoms with Crippen LogP contribution in [0.15, 0.2) is 39.9 Å². The molecule has 0 atom stereocenters. The maximum absolute atomic E-state index is 12.6. The highest BCUT2D eigenvalue weighted by molar-refractivity contribution is 6.29. The van der Waals surface area contributed by atoms with Crippen LogP contribution in [0.5, 0.6) is 0 Å². The number of hydrogen-bond acceptors (Lipinski definition) is 3. The molecule has 0 saturated heterocycles. The van der Waals surface area contributed by atoms with Crippen molar-refractivity contribution in [1.29, 1.82) is 0 Å². The van der Waals surface area contributed by atoms with Gasteiger partial charge >= 0.3 is 5.69 Å². The van der Waals surface area contributed by atoms with E-state index in [1.165, 1.54) is 11.6 Å². The van der Waals surface area contributed by atoms with Gasteiger partial charge in [-0.1, -0.05) is 30.3 Å². The van der Waals surface area contributed by atoms with Gasteiger partial charge in [-0.3, -0.25) is 13.9 Å². The van der Waals surface area contributed by atoms with Crippen LogP contribution in [0.1, 0.15) is 25.5 Å². The Labute approximate surface area is 143 Å². The van der Waals surface area contributed by atoms with Gasteiger partial charge in [0.2, 0.25) is 5.28 Å². The molecule has 0 aliphatic carbocycles. The Kier molecular flexibility index (Phi) is 4.32. The van der Waals surface area contributed by atoms with Gasteiger partial charge < -0.3 is 4.57 Å². The van der Waals surface area contributed by atoms with Crippen molar-refractivity contribution in [2.24, 2.45) is 7.05 Å². The van der Waals surface area contributed by atoms with E-state index in [1.54, 1.807) is 4.57 Å². The van der Waals surface area contributed by atoms with Crippen LogP contribution in [0, 0.1) is 0 Å². The number of nitrogens with zero attached hydrogens (tertiary/aromatic N) is 4. The first-order valence-corrected chi connectivity index (χ1v) is 8.20. The highest BCUT2D eigenvalue weighted by atomic mass is 35.5. The molecule has 3 aromatic rings. The Morgan fingerprint density at radius 2 is 1.83 bits per heavy atom. The molecular weight excluding hydrogens is 328 g/mol. The molecule has 2 heterocycles. The molecule has 0 saturated carbocycles. The predicted molar refractivity (Wildman–Crippen MR) is 94.8 cm³/mol. The molecule has 24 heavy (non-hydrogen) atoms. The van der Waals surface area contributed by atoms with E-state index in [-0.39, 0.29) is 22.6 Å².